The Balaban J connectivity index is 2.32. The smallest absolute Gasteiger partial charge is 0.365 e. The number of hydrogen-bond donors (Lipinski definition) is 0. The minimum absolute atomic E-state index is 0.185. The van der Waals surface area contributed by atoms with Crippen molar-refractivity contribution in [3.63, 3.8) is 0 Å². The van der Waals surface area contributed by atoms with Crippen LogP contribution in [-0.4, -0.2) is 15.1 Å². The Labute approximate surface area is 79.3 Å². The Morgan fingerprint density at radius 1 is 1.31 bits per heavy atom. The third-order valence-electron chi connectivity index (χ3n) is 2.27. The van der Waals surface area contributed by atoms with Crippen molar-refractivity contribution in [3.8, 4) is 0 Å². The summed E-state index contributed by atoms with van der Waals surface area (Å²) in [6.07, 6.45) is 5.91. The second kappa shape index (κ2) is 4.86. The summed E-state index contributed by atoms with van der Waals surface area (Å²) in [5.41, 5.74) is 0. The van der Waals surface area contributed by atoms with Gasteiger partial charge in [-0.25, -0.2) is 8.22 Å². The third kappa shape index (κ3) is 4.00. The van der Waals surface area contributed by atoms with E-state index in [1.54, 1.807) is 0 Å². The molecule has 1 nitrogen and oxygen atoms in total. The molecule has 1 aliphatic rings. The average molecular weight is 206 g/mol. The van der Waals surface area contributed by atoms with Gasteiger partial charge in [0.1, 0.15) is 0 Å². The third-order valence-corrected chi connectivity index (χ3v) is 3.72. The fraction of sp³-hybridized carbons (Fsp3) is 0.778. The van der Waals surface area contributed by atoms with Crippen molar-refractivity contribution in [2.45, 2.75) is 44.3 Å². The van der Waals surface area contributed by atoms with Gasteiger partial charge in [-0.15, -0.1) is 6.58 Å². The van der Waals surface area contributed by atoms with E-state index < -0.39 is 8.99 Å². The van der Waals surface area contributed by atoms with Gasteiger partial charge in [0, 0.05) is 12.1 Å². The van der Waals surface area contributed by atoms with Gasteiger partial charge < -0.3 is 4.43 Å². The molecule has 0 aliphatic heterocycles. The second-order valence-corrected chi connectivity index (χ2v) is 5.43. The summed E-state index contributed by atoms with van der Waals surface area (Å²) in [5.74, 6) is 0. The van der Waals surface area contributed by atoms with E-state index in [2.05, 4.69) is 6.58 Å². The molecule has 0 N–H and O–H groups in total. The van der Waals surface area contributed by atoms with Crippen molar-refractivity contribution in [3.05, 3.63) is 12.7 Å². The molecule has 0 aromatic rings. The lowest BCUT2D eigenvalue weighted by molar-refractivity contribution is 0.105. The predicted molar refractivity (Wildman–Crippen MR) is 50.9 cm³/mol. The van der Waals surface area contributed by atoms with Crippen LogP contribution in [0.3, 0.4) is 0 Å². The number of halogens is 2. The maximum Gasteiger partial charge on any atom is 0.581 e. The summed E-state index contributed by atoms with van der Waals surface area (Å²) < 4.78 is 31.0. The van der Waals surface area contributed by atoms with Crippen molar-refractivity contribution in [2.24, 2.45) is 0 Å². The van der Waals surface area contributed by atoms with Crippen molar-refractivity contribution in [2.75, 3.05) is 0 Å². The second-order valence-electron chi connectivity index (χ2n) is 3.51. The van der Waals surface area contributed by atoms with Crippen LogP contribution in [0.4, 0.5) is 8.22 Å². The number of allylic oxidation sites excluding steroid dienone is 1. The molecule has 0 unspecified atom stereocenters. The van der Waals surface area contributed by atoms with E-state index in [1.807, 2.05) is 0 Å². The van der Waals surface area contributed by atoms with Crippen molar-refractivity contribution in [1.29, 1.82) is 0 Å². The van der Waals surface area contributed by atoms with Crippen molar-refractivity contribution in [1.82, 2.24) is 0 Å². The summed E-state index contributed by atoms with van der Waals surface area (Å²) in [5, 5.41) is 0. The molecule has 0 bridgehead atoms. The van der Waals surface area contributed by atoms with Crippen LogP contribution < -0.4 is 0 Å². The van der Waals surface area contributed by atoms with E-state index in [4.69, 9.17) is 4.43 Å². The van der Waals surface area contributed by atoms with Gasteiger partial charge in [-0.2, -0.15) is 0 Å². The Bertz CT molecular complexity index is 167. The lowest BCUT2D eigenvalue weighted by Gasteiger charge is -2.25. The molecule has 0 saturated heterocycles. The van der Waals surface area contributed by atoms with E-state index in [0.717, 1.165) is 32.1 Å². The monoisotopic (exact) mass is 206 g/mol. The maximum atomic E-state index is 13.1. The molecule has 0 radical (unpaired) electrons. The van der Waals surface area contributed by atoms with Gasteiger partial charge in [0.25, 0.3) is 0 Å². The first-order valence-corrected chi connectivity index (χ1v) is 6.68. The summed E-state index contributed by atoms with van der Waals surface area (Å²) in [6.45, 7) is 3.31. The molecule has 0 aromatic heterocycles. The summed E-state index contributed by atoms with van der Waals surface area (Å²) >= 11 is 0. The summed E-state index contributed by atoms with van der Waals surface area (Å²) in [7, 11) is -4.41. The Kier molecular flexibility index (Phi) is 4.06. The van der Waals surface area contributed by atoms with Gasteiger partial charge >= 0.3 is 8.99 Å². The highest BCUT2D eigenvalue weighted by Crippen LogP contribution is 2.26. The zero-order valence-corrected chi connectivity index (χ0v) is 8.77. The predicted octanol–water partition coefficient (Wildman–Crippen LogP) is 3.40. The quantitative estimate of drug-likeness (QED) is 0.389. The van der Waals surface area contributed by atoms with Crippen LogP contribution in [0.25, 0.3) is 0 Å². The van der Waals surface area contributed by atoms with Gasteiger partial charge in [-0.05, 0) is 12.8 Å². The molecule has 0 heterocycles. The average Bonchev–Trinajstić information content (AvgIpc) is 2.04. The maximum absolute atomic E-state index is 13.1. The van der Waals surface area contributed by atoms with Crippen LogP contribution in [0.15, 0.2) is 12.7 Å². The fourth-order valence-electron chi connectivity index (χ4n) is 1.64. The molecule has 1 rings (SSSR count). The van der Waals surface area contributed by atoms with Crippen molar-refractivity contribution < 1.29 is 12.6 Å². The van der Waals surface area contributed by atoms with Crippen LogP contribution in [0.5, 0.6) is 0 Å². The molecule has 0 spiro atoms. The highest BCUT2D eigenvalue weighted by molar-refractivity contribution is 6.59. The van der Waals surface area contributed by atoms with Gasteiger partial charge in [-0.3, -0.25) is 0 Å². The van der Waals surface area contributed by atoms with Crippen molar-refractivity contribution >= 4 is 8.99 Å². The molecule has 0 atom stereocenters. The SMILES string of the molecule is C=CC[Si](F)(F)OC1CCCCC1. The van der Waals surface area contributed by atoms with E-state index in [-0.39, 0.29) is 12.1 Å². The Morgan fingerprint density at radius 2 is 1.92 bits per heavy atom. The van der Waals surface area contributed by atoms with Gasteiger partial charge in [0.05, 0.1) is 0 Å². The van der Waals surface area contributed by atoms with E-state index in [0.29, 0.717) is 0 Å². The first-order valence-electron chi connectivity index (χ1n) is 4.80. The minimum Gasteiger partial charge on any atom is -0.365 e. The lowest BCUT2D eigenvalue weighted by Crippen LogP contribution is -2.33. The highest BCUT2D eigenvalue weighted by atomic mass is 28.4. The molecule has 1 aliphatic carbocycles. The molecular formula is C9H16F2OSi. The number of rotatable bonds is 4. The summed E-state index contributed by atoms with van der Waals surface area (Å²) in [6, 6.07) is -0.247. The van der Waals surface area contributed by atoms with E-state index >= 15 is 0 Å². The lowest BCUT2D eigenvalue weighted by atomic mass is 9.98. The van der Waals surface area contributed by atoms with Crippen LogP contribution in [0.1, 0.15) is 32.1 Å². The molecule has 4 heteroatoms. The zero-order chi connectivity index (χ0) is 9.73. The molecule has 76 valence electrons. The largest absolute Gasteiger partial charge is 0.581 e. The molecule has 0 aromatic carbocycles. The molecule has 1 fully saturated rings. The topological polar surface area (TPSA) is 9.23 Å². The number of hydrogen-bond acceptors (Lipinski definition) is 1. The molecule has 0 amide bonds. The standard InChI is InChI=1S/C9H16F2OSi/c1-2-8-13(10,11)12-9-6-4-3-5-7-9/h2,9H,1,3-8H2. The van der Waals surface area contributed by atoms with Gasteiger partial charge in [0.15, 0.2) is 0 Å². The normalized spacial score (nSPS) is 20.2. The Hall–Kier alpha value is -0.223. The van der Waals surface area contributed by atoms with Crippen LogP contribution >= 0.6 is 0 Å². The van der Waals surface area contributed by atoms with Crippen LogP contribution in [-0.2, 0) is 4.43 Å². The van der Waals surface area contributed by atoms with E-state index in [1.165, 1.54) is 6.08 Å². The fourth-order valence-corrected chi connectivity index (χ4v) is 2.80. The van der Waals surface area contributed by atoms with Gasteiger partial charge in [0.2, 0.25) is 0 Å². The highest BCUT2D eigenvalue weighted by Gasteiger charge is 2.39. The van der Waals surface area contributed by atoms with Crippen LogP contribution in [0.2, 0.25) is 6.04 Å². The first kappa shape index (κ1) is 10.9. The van der Waals surface area contributed by atoms with Gasteiger partial charge in [-0.1, -0.05) is 25.3 Å². The first-order chi connectivity index (χ1) is 6.14. The van der Waals surface area contributed by atoms with Crippen LogP contribution in [0, 0.1) is 0 Å². The molecule has 13 heavy (non-hydrogen) atoms. The Morgan fingerprint density at radius 3 is 2.46 bits per heavy atom. The zero-order valence-electron chi connectivity index (χ0n) is 7.77. The van der Waals surface area contributed by atoms with E-state index in [9.17, 15) is 8.22 Å². The minimum atomic E-state index is -4.41. The summed E-state index contributed by atoms with van der Waals surface area (Å²) in [4.78, 5) is 0. The molecular weight excluding hydrogens is 190 g/mol. The molecule has 1 saturated carbocycles.